The van der Waals surface area contributed by atoms with E-state index >= 15 is 0 Å². The van der Waals surface area contributed by atoms with Crippen molar-refractivity contribution in [2.24, 2.45) is 0 Å². The number of anilines is 1. The second-order valence-corrected chi connectivity index (χ2v) is 5.51. The number of nitro groups is 1. The lowest BCUT2D eigenvalue weighted by Crippen LogP contribution is -2.00. The number of ether oxygens (including phenoxy) is 1. The summed E-state index contributed by atoms with van der Waals surface area (Å²) in [6.07, 6.45) is 0. The third kappa shape index (κ3) is 3.86. The Morgan fingerprint density at radius 3 is 2.71 bits per heavy atom. The van der Waals surface area contributed by atoms with Crippen LogP contribution in [0.5, 0.6) is 5.75 Å². The summed E-state index contributed by atoms with van der Waals surface area (Å²) in [5.74, 6) is 0.751. The van der Waals surface area contributed by atoms with Gasteiger partial charge in [0, 0.05) is 18.3 Å². The van der Waals surface area contributed by atoms with Crippen molar-refractivity contribution in [1.82, 2.24) is 0 Å². The van der Waals surface area contributed by atoms with E-state index in [-0.39, 0.29) is 10.7 Å². The lowest BCUT2D eigenvalue weighted by atomic mass is 10.2. The van der Waals surface area contributed by atoms with Gasteiger partial charge in [-0.05, 0) is 45.8 Å². The molecule has 0 saturated carbocycles. The molecule has 2 rings (SSSR count). The first kappa shape index (κ1) is 15.6. The van der Waals surface area contributed by atoms with E-state index in [0.717, 1.165) is 15.8 Å². The van der Waals surface area contributed by atoms with E-state index in [1.165, 1.54) is 12.1 Å². The molecule has 0 saturated heterocycles. The van der Waals surface area contributed by atoms with Crippen LogP contribution >= 0.6 is 27.5 Å². The van der Waals surface area contributed by atoms with Gasteiger partial charge < -0.3 is 10.1 Å². The van der Waals surface area contributed by atoms with E-state index in [0.29, 0.717) is 12.2 Å². The standard InChI is InChI=1S/C14H12BrClN2O3/c1-21-14-5-2-9(6-11(14)15)8-17-10-3-4-12(16)13(7-10)18(19)20/h2-7,17H,8H2,1H3. The Balaban J connectivity index is 2.11. The average Bonchev–Trinajstić information content (AvgIpc) is 2.46. The van der Waals surface area contributed by atoms with Crippen molar-refractivity contribution < 1.29 is 9.66 Å². The Morgan fingerprint density at radius 1 is 1.33 bits per heavy atom. The van der Waals surface area contributed by atoms with Gasteiger partial charge in [0.2, 0.25) is 0 Å². The third-order valence-electron chi connectivity index (χ3n) is 2.86. The summed E-state index contributed by atoms with van der Waals surface area (Å²) >= 11 is 9.19. The second kappa shape index (κ2) is 6.78. The van der Waals surface area contributed by atoms with Gasteiger partial charge in [-0.2, -0.15) is 0 Å². The summed E-state index contributed by atoms with van der Waals surface area (Å²) in [6, 6.07) is 10.3. The Kier molecular flexibility index (Phi) is 5.03. The van der Waals surface area contributed by atoms with Gasteiger partial charge >= 0.3 is 0 Å². The van der Waals surface area contributed by atoms with Gasteiger partial charge in [-0.3, -0.25) is 10.1 Å². The predicted molar refractivity (Wildman–Crippen MR) is 86.1 cm³/mol. The molecular formula is C14H12BrClN2O3. The minimum Gasteiger partial charge on any atom is -0.496 e. The molecule has 0 spiro atoms. The van der Waals surface area contributed by atoms with Crippen LogP contribution in [0.4, 0.5) is 11.4 Å². The van der Waals surface area contributed by atoms with Crippen molar-refractivity contribution in [1.29, 1.82) is 0 Å². The molecule has 1 N–H and O–H groups in total. The number of nitrogens with one attached hydrogen (secondary N) is 1. The molecule has 5 nitrogen and oxygen atoms in total. The van der Waals surface area contributed by atoms with Crippen molar-refractivity contribution in [3.8, 4) is 5.75 Å². The Bertz CT molecular complexity index is 679. The largest absolute Gasteiger partial charge is 0.496 e. The SMILES string of the molecule is COc1ccc(CNc2ccc(Cl)c([N+](=O)[O-])c2)cc1Br. The smallest absolute Gasteiger partial charge is 0.289 e. The summed E-state index contributed by atoms with van der Waals surface area (Å²) in [6.45, 7) is 0.529. The van der Waals surface area contributed by atoms with Crippen LogP contribution in [-0.4, -0.2) is 12.0 Å². The maximum absolute atomic E-state index is 10.8. The van der Waals surface area contributed by atoms with E-state index in [1.54, 1.807) is 13.2 Å². The van der Waals surface area contributed by atoms with Gasteiger partial charge in [0.15, 0.2) is 0 Å². The normalized spacial score (nSPS) is 10.2. The number of rotatable bonds is 5. The summed E-state index contributed by atoms with van der Waals surface area (Å²) in [5, 5.41) is 14.1. The van der Waals surface area contributed by atoms with Crippen LogP contribution in [0.15, 0.2) is 40.9 Å². The molecule has 0 radical (unpaired) electrons. The fourth-order valence-corrected chi connectivity index (χ4v) is 2.56. The van der Waals surface area contributed by atoms with Gasteiger partial charge in [-0.1, -0.05) is 17.7 Å². The molecule has 7 heteroatoms. The van der Waals surface area contributed by atoms with Crippen molar-refractivity contribution in [2.75, 3.05) is 12.4 Å². The highest BCUT2D eigenvalue weighted by molar-refractivity contribution is 9.10. The highest BCUT2D eigenvalue weighted by Gasteiger charge is 2.12. The van der Waals surface area contributed by atoms with E-state index in [1.807, 2.05) is 18.2 Å². The summed E-state index contributed by atoms with van der Waals surface area (Å²) in [7, 11) is 1.60. The molecule has 0 bridgehead atoms. The van der Waals surface area contributed by atoms with E-state index in [2.05, 4.69) is 21.2 Å². The first-order valence-electron chi connectivity index (χ1n) is 6.01. The van der Waals surface area contributed by atoms with Crippen molar-refractivity contribution in [3.63, 3.8) is 0 Å². The molecule has 2 aromatic carbocycles. The quantitative estimate of drug-likeness (QED) is 0.614. The minimum absolute atomic E-state index is 0.113. The van der Waals surface area contributed by atoms with Gasteiger partial charge in [0.25, 0.3) is 5.69 Å². The maximum Gasteiger partial charge on any atom is 0.289 e. The molecule has 0 heterocycles. The number of nitrogens with zero attached hydrogens (tertiary/aromatic N) is 1. The fraction of sp³-hybridized carbons (Fsp3) is 0.143. The Labute approximate surface area is 135 Å². The first-order valence-corrected chi connectivity index (χ1v) is 7.18. The van der Waals surface area contributed by atoms with Crippen LogP contribution in [0.25, 0.3) is 0 Å². The highest BCUT2D eigenvalue weighted by atomic mass is 79.9. The molecule has 0 aliphatic carbocycles. The second-order valence-electron chi connectivity index (χ2n) is 4.25. The topological polar surface area (TPSA) is 64.4 Å². The third-order valence-corrected chi connectivity index (χ3v) is 3.79. The number of halogens is 2. The van der Waals surface area contributed by atoms with Crippen molar-refractivity contribution in [2.45, 2.75) is 6.54 Å². The van der Waals surface area contributed by atoms with Crippen LogP contribution in [0.1, 0.15) is 5.56 Å². The number of hydrogen-bond donors (Lipinski definition) is 1. The summed E-state index contributed by atoms with van der Waals surface area (Å²) in [4.78, 5) is 10.3. The Morgan fingerprint density at radius 2 is 2.10 bits per heavy atom. The molecular weight excluding hydrogens is 360 g/mol. The lowest BCUT2D eigenvalue weighted by Gasteiger charge is -2.09. The van der Waals surface area contributed by atoms with Gasteiger partial charge in [0.1, 0.15) is 10.8 Å². The summed E-state index contributed by atoms with van der Waals surface area (Å²) in [5.41, 5.74) is 1.54. The zero-order valence-corrected chi connectivity index (χ0v) is 13.4. The number of nitro benzene ring substituents is 1. The highest BCUT2D eigenvalue weighted by Crippen LogP contribution is 2.28. The van der Waals surface area contributed by atoms with Crippen LogP contribution in [0, 0.1) is 10.1 Å². The van der Waals surface area contributed by atoms with Crippen molar-refractivity contribution in [3.05, 3.63) is 61.6 Å². The fourth-order valence-electron chi connectivity index (χ4n) is 1.79. The zero-order valence-electron chi connectivity index (χ0n) is 11.1. The Hall–Kier alpha value is -1.79. The van der Waals surface area contributed by atoms with Crippen LogP contribution in [0.2, 0.25) is 5.02 Å². The average molecular weight is 372 g/mol. The van der Waals surface area contributed by atoms with E-state index in [4.69, 9.17) is 16.3 Å². The number of methoxy groups -OCH3 is 1. The van der Waals surface area contributed by atoms with Gasteiger partial charge in [0.05, 0.1) is 16.5 Å². The van der Waals surface area contributed by atoms with E-state index in [9.17, 15) is 10.1 Å². The maximum atomic E-state index is 10.8. The molecule has 2 aromatic rings. The van der Waals surface area contributed by atoms with E-state index < -0.39 is 4.92 Å². The van der Waals surface area contributed by atoms with Crippen molar-refractivity contribution >= 4 is 38.9 Å². The molecule has 0 aromatic heterocycles. The number of benzene rings is 2. The molecule has 0 aliphatic rings. The predicted octanol–water partition coefficient (Wildman–Crippen LogP) is 4.63. The molecule has 110 valence electrons. The minimum atomic E-state index is -0.502. The molecule has 0 aliphatic heterocycles. The summed E-state index contributed by atoms with van der Waals surface area (Å²) < 4.78 is 6.01. The monoisotopic (exact) mass is 370 g/mol. The van der Waals surface area contributed by atoms with Crippen LogP contribution in [0.3, 0.4) is 0 Å². The van der Waals surface area contributed by atoms with Crippen LogP contribution < -0.4 is 10.1 Å². The molecule has 0 fully saturated rings. The molecule has 0 unspecified atom stereocenters. The van der Waals surface area contributed by atoms with Gasteiger partial charge in [-0.15, -0.1) is 0 Å². The van der Waals surface area contributed by atoms with Crippen LogP contribution in [-0.2, 0) is 6.54 Å². The zero-order chi connectivity index (χ0) is 15.4. The first-order chi connectivity index (χ1) is 10.0. The van der Waals surface area contributed by atoms with Gasteiger partial charge in [-0.25, -0.2) is 0 Å². The lowest BCUT2D eigenvalue weighted by molar-refractivity contribution is -0.384. The molecule has 21 heavy (non-hydrogen) atoms. The number of hydrogen-bond acceptors (Lipinski definition) is 4. The molecule has 0 atom stereocenters. The molecule has 0 amide bonds.